The number of esters is 1. The van der Waals surface area contributed by atoms with Crippen LogP contribution in [0.4, 0.5) is 5.69 Å². The van der Waals surface area contributed by atoms with Gasteiger partial charge in [-0.1, -0.05) is 41.9 Å². The van der Waals surface area contributed by atoms with Crippen molar-refractivity contribution in [3.63, 3.8) is 0 Å². The number of methoxy groups -OCH3 is 1. The van der Waals surface area contributed by atoms with Crippen LogP contribution in [0.15, 0.2) is 48.5 Å². The molecule has 30 heavy (non-hydrogen) atoms. The van der Waals surface area contributed by atoms with E-state index in [1.807, 2.05) is 24.3 Å². The average molecular weight is 428 g/mol. The molecule has 160 valence electrons. The van der Waals surface area contributed by atoms with Crippen LogP contribution in [0.25, 0.3) is 0 Å². The molecule has 0 amide bonds. The van der Waals surface area contributed by atoms with E-state index in [-0.39, 0.29) is 18.0 Å². The number of benzene rings is 2. The van der Waals surface area contributed by atoms with E-state index in [0.29, 0.717) is 23.8 Å². The van der Waals surface area contributed by atoms with Crippen molar-refractivity contribution in [1.29, 1.82) is 0 Å². The smallest absolute Gasteiger partial charge is 0.331 e. The van der Waals surface area contributed by atoms with Crippen molar-refractivity contribution in [2.45, 2.75) is 55.9 Å². The molecular formula is C25H30ClNO3. The first-order chi connectivity index (χ1) is 14.5. The number of aliphatic hydroxyl groups excluding tert-OH is 1. The van der Waals surface area contributed by atoms with Crippen molar-refractivity contribution in [1.82, 2.24) is 0 Å². The Hall–Kier alpha value is -2.04. The van der Waals surface area contributed by atoms with E-state index in [4.69, 9.17) is 16.3 Å². The average Bonchev–Trinajstić information content (AvgIpc) is 3.06. The molecule has 4 nitrogen and oxygen atoms in total. The Morgan fingerprint density at radius 1 is 1.17 bits per heavy atom. The second-order valence-corrected chi connectivity index (χ2v) is 9.23. The Balaban J connectivity index is 1.63. The van der Waals surface area contributed by atoms with Gasteiger partial charge in [-0.05, 0) is 85.6 Å². The van der Waals surface area contributed by atoms with Gasteiger partial charge < -0.3 is 15.2 Å². The normalized spacial score (nSPS) is 27.6. The molecule has 2 aliphatic carbocycles. The summed E-state index contributed by atoms with van der Waals surface area (Å²) in [7, 11) is 1.46. The quantitative estimate of drug-likeness (QED) is 0.628. The minimum Gasteiger partial charge on any atom is -0.467 e. The Bertz CT molecular complexity index is 905. The topological polar surface area (TPSA) is 58.6 Å². The summed E-state index contributed by atoms with van der Waals surface area (Å²) in [4.78, 5) is 12.9. The van der Waals surface area contributed by atoms with Crippen LogP contribution >= 0.6 is 11.6 Å². The zero-order valence-electron chi connectivity index (χ0n) is 17.5. The highest BCUT2D eigenvalue weighted by Crippen LogP contribution is 2.55. The number of hydrogen-bond donors (Lipinski definition) is 2. The van der Waals surface area contributed by atoms with Crippen LogP contribution in [0.1, 0.15) is 49.7 Å². The minimum atomic E-state index is -0.746. The lowest BCUT2D eigenvalue weighted by Gasteiger charge is -2.47. The van der Waals surface area contributed by atoms with Gasteiger partial charge in [0.05, 0.1) is 7.11 Å². The Morgan fingerprint density at radius 2 is 1.93 bits per heavy atom. The molecule has 1 spiro atoms. The van der Waals surface area contributed by atoms with Crippen LogP contribution in [0.5, 0.6) is 0 Å². The molecule has 0 saturated heterocycles. The van der Waals surface area contributed by atoms with Gasteiger partial charge >= 0.3 is 5.97 Å². The molecule has 2 aromatic carbocycles. The van der Waals surface area contributed by atoms with Gasteiger partial charge in [-0.2, -0.15) is 0 Å². The van der Waals surface area contributed by atoms with E-state index in [1.165, 1.54) is 18.2 Å². The largest absolute Gasteiger partial charge is 0.467 e. The monoisotopic (exact) mass is 427 g/mol. The summed E-state index contributed by atoms with van der Waals surface area (Å²) in [5.74, 6) is 0.291. The lowest BCUT2D eigenvalue weighted by molar-refractivity contribution is -0.148. The fraction of sp³-hybridized carbons (Fsp3) is 0.480. The third kappa shape index (κ3) is 3.72. The van der Waals surface area contributed by atoms with Crippen LogP contribution in [0.2, 0.25) is 5.02 Å². The molecule has 2 aliphatic rings. The summed E-state index contributed by atoms with van der Waals surface area (Å²) in [5.41, 5.74) is 3.03. The molecule has 1 saturated carbocycles. The molecule has 1 atom stereocenters. The van der Waals surface area contributed by atoms with Crippen LogP contribution in [0, 0.1) is 5.92 Å². The first kappa shape index (κ1) is 21.2. The summed E-state index contributed by atoms with van der Waals surface area (Å²) in [6, 6.07) is 16.3. The maximum absolute atomic E-state index is 12.9. The van der Waals surface area contributed by atoms with E-state index >= 15 is 0 Å². The number of ether oxygens (including phenoxy) is 1. The number of nitrogens with one attached hydrogen (secondary N) is 1. The van der Waals surface area contributed by atoms with Crippen molar-refractivity contribution in [3.8, 4) is 0 Å². The highest BCUT2D eigenvalue weighted by atomic mass is 35.5. The third-order valence-electron chi connectivity index (χ3n) is 7.29. The SMILES string of the molecule is COC(=O)C1(Nc2cccc(Cl)c2)CCC2(CC1)c1ccccc1CC2CCCO. The van der Waals surface area contributed by atoms with Crippen LogP contribution in [-0.4, -0.2) is 30.3 Å². The van der Waals surface area contributed by atoms with Gasteiger partial charge in [0, 0.05) is 17.3 Å². The molecule has 4 rings (SSSR count). The van der Waals surface area contributed by atoms with Gasteiger partial charge in [-0.3, -0.25) is 0 Å². The predicted octanol–water partition coefficient (Wildman–Crippen LogP) is 5.12. The maximum atomic E-state index is 12.9. The predicted molar refractivity (Wildman–Crippen MR) is 120 cm³/mol. The molecule has 0 bridgehead atoms. The van der Waals surface area contributed by atoms with E-state index in [2.05, 4.69) is 29.6 Å². The van der Waals surface area contributed by atoms with Gasteiger partial charge in [0.25, 0.3) is 0 Å². The zero-order valence-corrected chi connectivity index (χ0v) is 18.3. The van der Waals surface area contributed by atoms with Crippen molar-refractivity contribution in [3.05, 3.63) is 64.7 Å². The lowest BCUT2D eigenvalue weighted by atomic mass is 9.60. The van der Waals surface area contributed by atoms with Crippen LogP contribution in [0.3, 0.4) is 0 Å². The first-order valence-corrected chi connectivity index (χ1v) is 11.2. The summed E-state index contributed by atoms with van der Waals surface area (Å²) in [5, 5.41) is 13.5. The number of fused-ring (bicyclic) bond motifs is 2. The minimum absolute atomic E-state index is 0.0687. The molecule has 5 heteroatoms. The number of carbonyl (C=O) groups excluding carboxylic acids is 1. The van der Waals surface area contributed by atoms with Crippen molar-refractivity contribution in [2.24, 2.45) is 5.92 Å². The fourth-order valence-electron chi connectivity index (χ4n) is 5.80. The molecule has 1 fully saturated rings. The Labute approximate surface area is 183 Å². The maximum Gasteiger partial charge on any atom is 0.331 e. The number of rotatable bonds is 6. The number of carbonyl (C=O) groups is 1. The van der Waals surface area contributed by atoms with Crippen LogP contribution < -0.4 is 5.32 Å². The van der Waals surface area contributed by atoms with Crippen molar-refractivity contribution in [2.75, 3.05) is 19.0 Å². The molecule has 0 aromatic heterocycles. The second-order valence-electron chi connectivity index (χ2n) is 8.79. The molecule has 0 aliphatic heterocycles. The highest BCUT2D eigenvalue weighted by Gasteiger charge is 2.53. The number of hydrogen-bond acceptors (Lipinski definition) is 4. The van der Waals surface area contributed by atoms with E-state index in [0.717, 1.165) is 37.8 Å². The van der Waals surface area contributed by atoms with E-state index < -0.39 is 5.54 Å². The molecular weight excluding hydrogens is 398 g/mol. The Kier molecular flexibility index (Phi) is 6.08. The third-order valence-corrected chi connectivity index (χ3v) is 7.53. The molecule has 0 radical (unpaired) electrons. The molecule has 0 heterocycles. The first-order valence-electron chi connectivity index (χ1n) is 10.8. The summed E-state index contributed by atoms with van der Waals surface area (Å²) in [6.45, 7) is 0.228. The fourth-order valence-corrected chi connectivity index (χ4v) is 5.99. The lowest BCUT2D eigenvalue weighted by Crippen LogP contribution is -2.53. The summed E-state index contributed by atoms with van der Waals surface area (Å²) >= 11 is 6.17. The number of anilines is 1. The van der Waals surface area contributed by atoms with Gasteiger partial charge in [0.15, 0.2) is 0 Å². The van der Waals surface area contributed by atoms with Crippen LogP contribution in [-0.2, 0) is 21.4 Å². The second kappa shape index (κ2) is 8.60. The van der Waals surface area contributed by atoms with Crippen molar-refractivity contribution >= 4 is 23.3 Å². The van der Waals surface area contributed by atoms with E-state index in [1.54, 1.807) is 0 Å². The summed E-state index contributed by atoms with van der Waals surface area (Å²) in [6.07, 6.45) is 6.14. The van der Waals surface area contributed by atoms with Gasteiger partial charge in [0.1, 0.15) is 5.54 Å². The Morgan fingerprint density at radius 3 is 2.63 bits per heavy atom. The van der Waals surface area contributed by atoms with E-state index in [9.17, 15) is 9.90 Å². The standard InChI is InChI=1S/C25H30ClNO3/c1-30-23(29)25(27-21-9-4-8-20(26)17-21)13-11-24(12-14-25)19(7-5-15-28)16-18-6-2-3-10-22(18)24/h2-4,6,8-10,17,19,27-28H,5,7,11-16H2,1H3. The molecule has 2 aromatic rings. The summed E-state index contributed by atoms with van der Waals surface area (Å²) < 4.78 is 5.24. The highest BCUT2D eigenvalue weighted by molar-refractivity contribution is 6.30. The van der Waals surface area contributed by atoms with Gasteiger partial charge in [-0.25, -0.2) is 4.79 Å². The molecule has 2 N–H and O–H groups in total. The number of aliphatic hydroxyl groups is 1. The van der Waals surface area contributed by atoms with Crippen molar-refractivity contribution < 1.29 is 14.6 Å². The van der Waals surface area contributed by atoms with Gasteiger partial charge in [0.2, 0.25) is 0 Å². The van der Waals surface area contributed by atoms with Gasteiger partial charge in [-0.15, -0.1) is 0 Å². The zero-order chi connectivity index (χ0) is 21.2. The number of halogens is 1. The molecule has 1 unspecified atom stereocenters.